The van der Waals surface area contributed by atoms with E-state index in [2.05, 4.69) is 22.3 Å². The minimum absolute atomic E-state index is 0.435. The molecule has 0 amide bonds. The van der Waals surface area contributed by atoms with E-state index in [0.717, 1.165) is 54.9 Å². The molecule has 6 nitrogen and oxygen atoms in total. The van der Waals surface area contributed by atoms with E-state index >= 15 is 0 Å². The van der Waals surface area contributed by atoms with E-state index in [1.165, 1.54) is 0 Å². The molecule has 0 aliphatic carbocycles. The Morgan fingerprint density at radius 3 is 2.90 bits per heavy atom. The van der Waals surface area contributed by atoms with Gasteiger partial charge in [0.25, 0.3) is 0 Å². The van der Waals surface area contributed by atoms with Gasteiger partial charge in [-0.2, -0.15) is 5.10 Å². The van der Waals surface area contributed by atoms with Gasteiger partial charge in [-0.15, -0.1) is 0 Å². The lowest BCUT2D eigenvalue weighted by molar-refractivity contribution is 0.0904. The number of hydrogen-bond donors (Lipinski definition) is 2. The summed E-state index contributed by atoms with van der Waals surface area (Å²) >= 11 is 0. The number of hydrogen-bond acceptors (Lipinski definition) is 5. The Hall–Kier alpha value is -1.66. The van der Waals surface area contributed by atoms with Crippen LogP contribution < -0.4 is 11.1 Å². The van der Waals surface area contributed by atoms with Crippen LogP contribution in [-0.4, -0.2) is 34.0 Å². The number of aromatic nitrogens is 3. The summed E-state index contributed by atoms with van der Waals surface area (Å²) in [5, 5.41) is 9.08. The van der Waals surface area contributed by atoms with Crippen LogP contribution in [0.2, 0.25) is 0 Å². The van der Waals surface area contributed by atoms with Crippen LogP contribution in [0.1, 0.15) is 25.3 Å². The van der Waals surface area contributed by atoms with Gasteiger partial charge in [0.15, 0.2) is 5.65 Å². The molecule has 20 heavy (non-hydrogen) atoms. The summed E-state index contributed by atoms with van der Waals surface area (Å²) < 4.78 is 7.32. The minimum atomic E-state index is 0.435. The second-order valence-corrected chi connectivity index (χ2v) is 5.09. The number of ether oxygens (including phenoxy) is 1. The fraction of sp³-hybridized carbons (Fsp3) is 0.571. The van der Waals surface area contributed by atoms with Gasteiger partial charge in [-0.25, -0.2) is 9.67 Å². The second kappa shape index (κ2) is 5.76. The molecule has 3 N–H and O–H groups in total. The number of nitrogens with zero attached hydrogens (tertiary/aromatic N) is 3. The fourth-order valence-electron chi connectivity index (χ4n) is 2.67. The van der Waals surface area contributed by atoms with Gasteiger partial charge >= 0.3 is 0 Å². The van der Waals surface area contributed by atoms with E-state index in [0.29, 0.717) is 12.6 Å². The summed E-state index contributed by atoms with van der Waals surface area (Å²) in [5.41, 5.74) is 8.90. The lowest BCUT2D eigenvalue weighted by Gasteiger charge is -2.25. The molecule has 0 atom stereocenters. The maximum absolute atomic E-state index is 5.85. The van der Waals surface area contributed by atoms with Gasteiger partial charge in [0.05, 0.1) is 17.3 Å². The minimum Gasteiger partial charge on any atom is -0.381 e. The van der Waals surface area contributed by atoms with Crippen molar-refractivity contribution in [3.8, 4) is 0 Å². The van der Waals surface area contributed by atoms with Crippen LogP contribution in [0.25, 0.3) is 11.0 Å². The van der Waals surface area contributed by atoms with E-state index < -0.39 is 0 Å². The predicted molar refractivity (Wildman–Crippen MR) is 78.6 cm³/mol. The summed E-state index contributed by atoms with van der Waals surface area (Å²) in [6, 6.07) is 0.435. The van der Waals surface area contributed by atoms with Gasteiger partial charge in [-0.3, -0.25) is 0 Å². The molecule has 1 aliphatic heterocycles. The third kappa shape index (κ3) is 2.36. The maximum atomic E-state index is 5.85. The molecule has 3 rings (SSSR count). The van der Waals surface area contributed by atoms with Crippen LogP contribution in [0.5, 0.6) is 0 Å². The maximum Gasteiger partial charge on any atom is 0.159 e. The Morgan fingerprint density at radius 2 is 2.20 bits per heavy atom. The molecule has 0 unspecified atom stereocenters. The second-order valence-electron chi connectivity index (χ2n) is 5.09. The third-order valence-electron chi connectivity index (χ3n) is 3.83. The van der Waals surface area contributed by atoms with Crippen LogP contribution in [0.15, 0.2) is 12.4 Å². The molecule has 6 heteroatoms. The Morgan fingerprint density at radius 1 is 1.40 bits per heavy atom. The summed E-state index contributed by atoms with van der Waals surface area (Å²) in [7, 11) is 0. The number of anilines is 1. The van der Waals surface area contributed by atoms with E-state index in [9.17, 15) is 0 Å². The number of rotatable bonds is 4. The van der Waals surface area contributed by atoms with Crippen LogP contribution in [0.4, 0.5) is 5.69 Å². The first kappa shape index (κ1) is 13.3. The molecule has 2 aromatic rings. The molecule has 2 aromatic heterocycles. The Bertz CT molecular complexity index is 589. The van der Waals surface area contributed by atoms with E-state index in [1.807, 2.05) is 17.1 Å². The number of pyridine rings is 1. The van der Waals surface area contributed by atoms with E-state index in [1.54, 1.807) is 0 Å². The molecule has 0 radical (unpaired) electrons. The summed E-state index contributed by atoms with van der Waals surface area (Å²) in [4.78, 5) is 4.49. The van der Waals surface area contributed by atoms with Crippen molar-refractivity contribution in [1.29, 1.82) is 0 Å². The summed E-state index contributed by atoms with van der Waals surface area (Å²) in [6.07, 6.45) is 5.79. The lowest BCUT2D eigenvalue weighted by Crippen LogP contribution is -2.28. The van der Waals surface area contributed by atoms with Crippen molar-refractivity contribution in [2.75, 3.05) is 18.5 Å². The number of fused-ring (bicyclic) bond motifs is 1. The van der Waals surface area contributed by atoms with Crippen LogP contribution in [0, 0.1) is 0 Å². The van der Waals surface area contributed by atoms with Crippen molar-refractivity contribution in [3.63, 3.8) is 0 Å². The van der Waals surface area contributed by atoms with Crippen molar-refractivity contribution in [1.82, 2.24) is 14.8 Å². The van der Waals surface area contributed by atoms with Crippen molar-refractivity contribution < 1.29 is 4.74 Å². The van der Waals surface area contributed by atoms with Crippen LogP contribution >= 0.6 is 0 Å². The van der Waals surface area contributed by atoms with Crippen LogP contribution in [-0.2, 0) is 17.8 Å². The van der Waals surface area contributed by atoms with Crippen molar-refractivity contribution in [2.45, 2.75) is 38.9 Å². The highest BCUT2D eigenvalue weighted by atomic mass is 16.5. The molecular formula is C14H21N5O. The average Bonchev–Trinajstić information content (AvgIpc) is 2.92. The quantitative estimate of drug-likeness (QED) is 0.884. The summed E-state index contributed by atoms with van der Waals surface area (Å²) in [5.74, 6) is 0. The van der Waals surface area contributed by atoms with E-state index in [4.69, 9.17) is 10.5 Å². The standard InChI is InChI=1S/C14H21N5O/c1-2-19-14-12(9-17-19)13(10(7-15)8-16-14)18-11-3-5-20-6-4-11/h8-9,11H,2-7,15H2,1H3,(H,16,18). The van der Waals surface area contributed by atoms with Crippen molar-refractivity contribution >= 4 is 16.7 Å². The Balaban J connectivity index is 1.99. The molecule has 0 saturated carbocycles. The van der Waals surface area contributed by atoms with Gasteiger partial charge in [0.1, 0.15) is 0 Å². The molecule has 1 saturated heterocycles. The molecule has 0 spiro atoms. The number of nitrogens with one attached hydrogen (secondary N) is 1. The predicted octanol–water partition coefficient (Wildman–Crippen LogP) is 1.50. The number of nitrogens with two attached hydrogens (primary N) is 1. The van der Waals surface area contributed by atoms with Crippen molar-refractivity contribution in [3.05, 3.63) is 18.0 Å². The zero-order valence-electron chi connectivity index (χ0n) is 11.8. The largest absolute Gasteiger partial charge is 0.381 e. The fourth-order valence-corrected chi connectivity index (χ4v) is 2.67. The van der Waals surface area contributed by atoms with Gasteiger partial charge < -0.3 is 15.8 Å². The first-order chi connectivity index (χ1) is 9.83. The molecule has 0 bridgehead atoms. The monoisotopic (exact) mass is 275 g/mol. The zero-order valence-corrected chi connectivity index (χ0v) is 11.8. The lowest BCUT2D eigenvalue weighted by atomic mass is 10.1. The molecule has 108 valence electrons. The SMILES string of the molecule is CCn1ncc2c(NC3CCOCC3)c(CN)cnc21. The van der Waals surface area contributed by atoms with Crippen LogP contribution in [0.3, 0.4) is 0 Å². The topological polar surface area (TPSA) is 78.0 Å². The third-order valence-corrected chi connectivity index (χ3v) is 3.83. The first-order valence-corrected chi connectivity index (χ1v) is 7.21. The highest BCUT2D eigenvalue weighted by Gasteiger charge is 2.18. The first-order valence-electron chi connectivity index (χ1n) is 7.21. The summed E-state index contributed by atoms with van der Waals surface area (Å²) in [6.45, 7) is 4.99. The van der Waals surface area contributed by atoms with Gasteiger partial charge in [0, 0.05) is 44.1 Å². The van der Waals surface area contributed by atoms with Gasteiger partial charge in [0.2, 0.25) is 0 Å². The smallest absolute Gasteiger partial charge is 0.159 e. The number of aryl methyl sites for hydroxylation is 1. The molecule has 0 aromatic carbocycles. The van der Waals surface area contributed by atoms with E-state index in [-0.39, 0.29) is 0 Å². The average molecular weight is 275 g/mol. The highest BCUT2D eigenvalue weighted by Crippen LogP contribution is 2.27. The Labute approximate surface area is 118 Å². The Kier molecular flexibility index (Phi) is 3.84. The molecule has 1 fully saturated rings. The molecule has 1 aliphatic rings. The zero-order chi connectivity index (χ0) is 13.9. The van der Waals surface area contributed by atoms with Gasteiger partial charge in [-0.05, 0) is 19.8 Å². The molecule has 3 heterocycles. The highest BCUT2D eigenvalue weighted by molar-refractivity contribution is 5.90. The van der Waals surface area contributed by atoms with Crippen molar-refractivity contribution in [2.24, 2.45) is 5.73 Å². The normalized spacial score (nSPS) is 16.7. The molecular weight excluding hydrogens is 254 g/mol. The van der Waals surface area contributed by atoms with Gasteiger partial charge in [-0.1, -0.05) is 0 Å².